The zero-order chi connectivity index (χ0) is 25.0. The molecule has 5 heteroatoms. The average Bonchev–Trinajstić information content (AvgIpc) is 2.78. The maximum absolute atomic E-state index is 12.5. The van der Waals surface area contributed by atoms with E-state index < -0.39 is 6.10 Å². The molecule has 0 fully saturated rings. The van der Waals surface area contributed by atoms with E-state index in [0.717, 1.165) is 25.7 Å². The van der Waals surface area contributed by atoms with Gasteiger partial charge in [0.15, 0.2) is 0 Å². The van der Waals surface area contributed by atoms with Crippen molar-refractivity contribution < 1.29 is 24.1 Å². The Labute approximate surface area is 210 Å². The zero-order valence-corrected chi connectivity index (χ0v) is 21.5. The Morgan fingerprint density at radius 2 is 1.89 bits per heavy atom. The zero-order valence-electron chi connectivity index (χ0n) is 21.5. The number of carbonyl (C=O) groups excluding carboxylic acids is 1. The minimum absolute atomic E-state index is 0.0167. The number of ether oxygens (including phenoxy) is 3. The largest absolute Gasteiger partial charge is 0.459 e. The molecule has 0 saturated heterocycles. The second kappa shape index (κ2) is 14.4. The van der Waals surface area contributed by atoms with Crippen LogP contribution in [0.1, 0.15) is 65.7 Å². The number of fused-ring (bicyclic) bond motifs is 2. The minimum Gasteiger partial charge on any atom is -0.459 e. The fourth-order valence-electron chi connectivity index (χ4n) is 4.86. The lowest BCUT2D eigenvalue weighted by Crippen LogP contribution is -2.25. The maximum atomic E-state index is 12.5. The summed E-state index contributed by atoms with van der Waals surface area (Å²) in [6.45, 7) is 7.06. The molecule has 0 radical (unpaired) electrons. The van der Waals surface area contributed by atoms with Crippen LogP contribution >= 0.6 is 0 Å². The van der Waals surface area contributed by atoms with Gasteiger partial charge in [-0.2, -0.15) is 0 Å². The summed E-state index contributed by atoms with van der Waals surface area (Å²) in [4.78, 5) is 12.5. The first-order valence-electron chi connectivity index (χ1n) is 13.0. The molecule has 0 aromatic rings. The molecule has 1 N–H and O–H groups in total. The average molecular weight is 483 g/mol. The molecule has 0 unspecified atom stereocenters. The number of carbonyl (C=O) groups is 1. The summed E-state index contributed by atoms with van der Waals surface area (Å²) in [6.07, 6.45) is 24.1. The van der Waals surface area contributed by atoms with E-state index in [-0.39, 0.29) is 30.4 Å². The van der Waals surface area contributed by atoms with Crippen LogP contribution in [0.4, 0.5) is 0 Å². The summed E-state index contributed by atoms with van der Waals surface area (Å²) < 4.78 is 17.7. The number of allylic oxidation sites excluding steroid dienone is 1. The SMILES string of the molecule is CC1=C[C@H](O)C=CC[C@@H](CC=C[C@@H]2CC(C)=CCO2)OC(=O)C=CC[C@@H]2C=CC[C@@H](C[C@@H](C)C1)O2. The lowest BCUT2D eigenvalue weighted by molar-refractivity contribution is -0.142. The lowest BCUT2D eigenvalue weighted by Gasteiger charge is -2.27. The van der Waals surface area contributed by atoms with Crippen LogP contribution in [0.3, 0.4) is 0 Å². The highest BCUT2D eigenvalue weighted by molar-refractivity contribution is 5.82. The Morgan fingerprint density at radius 3 is 2.71 bits per heavy atom. The topological polar surface area (TPSA) is 65.0 Å². The normalized spacial score (nSPS) is 33.5. The van der Waals surface area contributed by atoms with Gasteiger partial charge in [0, 0.05) is 18.9 Å². The third-order valence-electron chi connectivity index (χ3n) is 6.56. The quantitative estimate of drug-likeness (QED) is 0.399. The van der Waals surface area contributed by atoms with Gasteiger partial charge in [-0.15, -0.1) is 0 Å². The molecule has 3 rings (SSSR count). The Bertz CT molecular complexity index is 862. The van der Waals surface area contributed by atoms with E-state index in [9.17, 15) is 9.90 Å². The van der Waals surface area contributed by atoms with Crippen LogP contribution in [0.5, 0.6) is 0 Å². The van der Waals surface area contributed by atoms with Crippen molar-refractivity contribution in [1.82, 2.24) is 0 Å². The van der Waals surface area contributed by atoms with E-state index in [2.05, 4.69) is 45.1 Å². The fraction of sp³-hybridized carbons (Fsp3) is 0.567. The van der Waals surface area contributed by atoms with Gasteiger partial charge in [0.2, 0.25) is 0 Å². The second-order valence-corrected chi connectivity index (χ2v) is 10.2. The number of cyclic esters (lactones) is 1. The van der Waals surface area contributed by atoms with Crippen LogP contribution in [0.25, 0.3) is 0 Å². The van der Waals surface area contributed by atoms with E-state index in [1.165, 1.54) is 17.2 Å². The number of aliphatic hydroxyl groups excluding tert-OH is 1. The number of aliphatic hydroxyl groups is 1. The molecule has 6 atom stereocenters. The lowest BCUT2D eigenvalue weighted by atomic mass is 9.93. The molecule has 0 aromatic carbocycles. The molecular weight excluding hydrogens is 440 g/mol. The van der Waals surface area contributed by atoms with Gasteiger partial charge in [0.25, 0.3) is 0 Å². The van der Waals surface area contributed by atoms with Crippen LogP contribution in [0.15, 0.2) is 71.9 Å². The molecule has 0 aliphatic carbocycles. The number of rotatable bonds is 3. The summed E-state index contributed by atoms with van der Waals surface area (Å²) >= 11 is 0. The molecule has 0 spiro atoms. The van der Waals surface area contributed by atoms with Crippen molar-refractivity contribution in [3.63, 3.8) is 0 Å². The van der Waals surface area contributed by atoms with Gasteiger partial charge in [-0.25, -0.2) is 4.79 Å². The summed E-state index contributed by atoms with van der Waals surface area (Å²) in [5.74, 6) is 0.111. The Balaban J connectivity index is 1.67. The van der Waals surface area contributed by atoms with Gasteiger partial charge in [0.1, 0.15) is 6.10 Å². The van der Waals surface area contributed by atoms with Crippen molar-refractivity contribution in [2.75, 3.05) is 6.61 Å². The highest BCUT2D eigenvalue weighted by Crippen LogP contribution is 2.25. The predicted octanol–water partition coefficient (Wildman–Crippen LogP) is 5.92. The molecule has 0 amide bonds. The van der Waals surface area contributed by atoms with Crippen molar-refractivity contribution in [2.45, 2.75) is 96.2 Å². The van der Waals surface area contributed by atoms with Gasteiger partial charge in [-0.05, 0) is 51.9 Å². The van der Waals surface area contributed by atoms with Gasteiger partial charge in [0.05, 0.1) is 31.0 Å². The van der Waals surface area contributed by atoms with Crippen molar-refractivity contribution in [1.29, 1.82) is 0 Å². The maximum Gasteiger partial charge on any atom is 0.330 e. The van der Waals surface area contributed by atoms with Crippen LogP contribution < -0.4 is 0 Å². The molecule has 3 aliphatic heterocycles. The third kappa shape index (κ3) is 10.5. The number of esters is 1. The highest BCUT2D eigenvalue weighted by Gasteiger charge is 2.20. The van der Waals surface area contributed by atoms with Crippen molar-refractivity contribution in [3.05, 3.63) is 71.9 Å². The summed E-state index contributed by atoms with van der Waals surface area (Å²) in [5.41, 5.74) is 2.50. The van der Waals surface area contributed by atoms with E-state index in [0.29, 0.717) is 31.8 Å². The van der Waals surface area contributed by atoms with E-state index in [1.54, 1.807) is 6.08 Å². The Hall–Kier alpha value is -2.21. The standard InChI is InChI=1S/C30H42O5/c1-22-16-17-33-28(20-22)13-5-11-27-9-4-8-25(31)19-23(2)18-24(3)21-29-14-6-10-26(34-29)12-7-15-30(32)35-27/h4-8,10,13,15-16,19,24-29,31H,9,11-12,14,17-18,20-21H2,1-3H3/t24-,25+,26-,27-,28+,29-/m0/s1. The molecule has 3 heterocycles. The highest BCUT2D eigenvalue weighted by atomic mass is 16.5. The minimum atomic E-state index is -0.656. The van der Waals surface area contributed by atoms with Crippen LogP contribution in [-0.4, -0.2) is 48.2 Å². The fourth-order valence-corrected chi connectivity index (χ4v) is 4.86. The van der Waals surface area contributed by atoms with Crippen molar-refractivity contribution >= 4 is 5.97 Å². The van der Waals surface area contributed by atoms with Crippen molar-refractivity contribution in [3.8, 4) is 0 Å². The molecule has 5 nitrogen and oxygen atoms in total. The summed E-state index contributed by atoms with van der Waals surface area (Å²) in [6, 6.07) is 0. The first-order valence-corrected chi connectivity index (χ1v) is 13.0. The smallest absolute Gasteiger partial charge is 0.330 e. The molecule has 0 saturated carbocycles. The number of hydrogen-bond donors (Lipinski definition) is 1. The number of hydrogen-bond acceptors (Lipinski definition) is 5. The Morgan fingerprint density at radius 1 is 1.06 bits per heavy atom. The van der Waals surface area contributed by atoms with E-state index >= 15 is 0 Å². The van der Waals surface area contributed by atoms with Gasteiger partial charge in [-0.1, -0.05) is 72.8 Å². The molecular formula is C30H42O5. The summed E-state index contributed by atoms with van der Waals surface area (Å²) in [7, 11) is 0. The van der Waals surface area contributed by atoms with E-state index in [4.69, 9.17) is 14.2 Å². The second-order valence-electron chi connectivity index (χ2n) is 10.2. The van der Waals surface area contributed by atoms with Crippen LogP contribution in [0, 0.1) is 5.92 Å². The van der Waals surface area contributed by atoms with Gasteiger partial charge < -0.3 is 19.3 Å². The Kier molecular flexibility index (Phi) is 11.2. The van der Waals surface area contributed by atoms with E-state index in [1.807, 2.05) is 24.3 Å². The molecule has 2 bridgehead atoms. The van der Waals surface area contributed by atoms with Crippen LogP contribution in [-0.2, 0) is 19.0 Å². The molecule has 0 aromatic heterocycles. The van der Waals surface area contributed by atoms with Gasteiger partial charge in [-0.3, -0.25) is 0 Å². The van der Waals surface area contributed by atoms with Crippen molar-refractivity contribution in [2.24, 2.45) is 5.92 Å². The third-order valence-corrected chi connectivity index (χ3v) is 6.56. The monoisotopic (exact) mass is 482 g/mol. The molecule has 35 heavy (non-hydrogen) atoms. The van der Waals surface area contributed by atoms with Gasteiger partial charge >= 0.3 is 5.97 Å². The first-order chi connectivity index (χ1) is 16.9. The predicted molar refractivity (Wildman–Crippen MR) is 140 cm³/mol. The molecule has 192 valence electrons. The summed E-state index contributed by atoms with van der Waals surface area (Å²) in [5, 5.41) is 10.5. The first kappa shape index (κ1) is 27.4. The van der Waals surface area contributed by atoms with Crippen LogP contribution in [0.2, 0.25) is 0 Å². The molecule has 3 aliphatic rings.